The monoisotopic (exact) mass is 737 g/mol. The summed E-state index contributed by atoms with van der Waals surface area (Å²) in [5.74, 6) is 0.327. The Morgan fingerprint density at radius 1 is 1.12 bits per heavy atom. The molecule has 1 aliphatic heterocycles. The van der Waals surface area contributed by atoms with Crippen molar-refractivity contribution in [1.82, 2.24) is 24.2 Å². The van der Waals surface area contributed by atoms with Crippen LogP contribution in [-0.2, 0) is 0 Å². The number of alkyl halides is 1. The van der Waals surface area contributed by atoms with E-state index in [0.717, 1.165) is 46.8 Å². The van der Waals surface area contributed by atoms with Gasteiger partial charge in [0.1, 0.15) is 0 Å². The van der Waals surface area contributed by atoms with Gasteiger partial charge < -0.3 is 4.74 Å². The van der Waals surface area contributed by atoms with Crippen LogP contribution in [0.3, 0.4) is 0 Å². The van der Waals surface area contributed by atoms with Gasteiger partial charge in [-0.3, -0.25) is 4.40 Å². The van der Waals surface area contributed by atoms with Gasteiger partial charge in [0.25, 0.3) is 0 Å². The number of halogens is 3. The van der Waals surface area contributed by atoms with Crippen molar-refractivity contribution in [3.63, 3.8) is 0 Å². The number of quaternary nitrogens is 1. The number of ether oxygens (including phenoxy) is 1. The fourth-order valence-electron chi connectivity index (χ4n) is 4.71. The zero-order valence-electron chi connectivity index (χ0n) is 23.6. The number of nitrogens with zero attached hydrogens (tertiary/aromatic N) is 6. The zero-order valence-corrected chi connectivity index (χ0v) is 27.3. The van der Waals surface area contributed by atoms with Crippen molar-refractivity contribution < 1.29 is 38.1 Å². The first kappa shape index (κ1) is 29.7. The van der Waals surface area contributed by atoms with Gasteiger partial charge in [0.05, 0.1) is 19.0 Å². The van der Waals surface area contributed by atoms with Crippen LogP contribution < -0.4 is 31.5 Å². The van der Waals surface area contributed by atoms with Crippen LogP contribution in [0, 0.1) is 5.82 Å². The standard InChI is InChI=1S/C29H34BrFIN7O2/c1-39(2,3)32-9-11-36-13-15-37(16-14-36)29(40)22-7-6-21(18-23(22)30)35-27-28-34-19-25(38(28)12-10-33-27)20-5-8-26(41-4)24(31)17-20/h5-8,10,12,17-19H,9,11,13-16H2,1-4H3,(H,33,35). The fourth-order valence-corrected chi connectivity index (χ4v) is 7.60. The zero-order chi connectivity index (χ0) is 29.1. The molecule has 0 unspecified atom stereocenters. The van der Waals surface area contributed by atoms with Crippen LogP contribution in [0.2, 0.25) is 0 Å². The Kier molecular flexibility index (Phi) is 9.12. The van der Waals surface area contributed by atoms with Crippen LogP contribution in [0.5, 0.6) is 5.75 Å². The van der Waals surface area contributed by atoms with Crippen LogP contribution in [0.15, 0.2) is 59.5 Å². The number of piperazine rings is 1. The van der Waals surface area contributed by atoms with Gasteiger partial charge in [-0.05, 0) is 18.2 Å². The molecule has 4 aromatic rings. The predicted molar refractivity (Wildman–Crippen MR) is 158 cm³/mol. The number of imidazole rings is 1. The van der Waals surface area contributed by atoms with Crippen LogP contribution in [0.1, 0.15) is 10.4 Å². The molecule has 2 aromatic heterocycles. The number of nitrogens with one attached hydrogen (secondary N) is 1. The van der Waals surface area contributed by atoms with E-state index in [1.54, 1.807) is 30.7 Å². The summed E-state index contributed by atoms with van der Waals surface area (Å²) in [6.07, 6.45) is 5.14. The molecule has 0 bridgehead atoms. The van der Waals surface area contributed by atoms with Crippen molar-refractivity contribution in [2.24, 2.45) is 0 Å². The Labute approximate surface area is 258 Å². The molecule has 0 spiro atoms. The number of carbonyl (C=O) groups excluding carboxylic acids is 1. The van der Waals surface area contributed by atoms with Gasteiger partial charge in [0, 0.05) is 18.0 Å². The summed E-state index contributed by atoms with van der Waals surface area (Å²) in [7, 11) is 8.23. The first-order valence-corrected chi connectivity index (χ1v) is 16.6. The minimum atomic E-state index is -0.439. The largest absolute Gasteiger partial charge is 0.295 e. The molecule has 1 aliphatic rings. The smallest absolute Gasteiger partial charge is 0.165 e. The van der Waals surface area contributed by atoms with Crippen LogP contribution in [0.4, 0.5) is 15.9 Å². The number of carbonyl (C=O) groups is 1. The van der Waals surface area contributed by atoms with Gasteiger partial charge in [-0.1, -0.05) is 0 Å². The molecule has 1 fully saturated rings. The molecule has 1 saturated heterocycles. The van der Waals surface area contributed by atoms with Crippen molar-refractivity contribution in [3.8, 4) is 17.0 Å². The predicted octanol–water partition coefficient (Wildman–Crippen LogP) is 1.52. The number of benzene rings is 2. The first-order chi connectivity index (χ1) is 19.6. The molecule has 12 heteroatoms. The van der Waals surface area contributed by atoms with E-state index in [4.69, 9.17) is 4.74 Å². The third-order valence-corrected chi connectivity index (χ3v) is 10.5. The molecule has 5 rings (SSSR count). The van der Waals surface area contributed by atoms with Crippen molar-refractivity contribution in [2.75, 3.05) is 70.7 Å². The van der Waals surface area contributed by atoms with Crippen LogP contribution in [0.25, 0.3) is 16.9 Å². The minimum Gasteiger partial charge on any atom is -0.295 e. The Morgan fingerprint density at radius 3 is 2.59 bits per heavy atom. The van der Waals surface area contributed by atoms with Gasteiger partial charge in [0.2, 0.25) is 0 Å². The van der Waals surface area contributed by atoms with Crippen molar-refractivity contribution in [3.05, 3.63) is 70.8 Å². The topological polar surface area (TPSA) is 75.0 Å². The Hall–Kier alpha value is -2.81. The van der Waals surface area contributed by atoms with Gasteiger partial charge in [-0.25, -0.2) is 14.4 Å². The van der Waals surface area contributed by atoms with E-state index in [-0.39, 0.29) is 33.1 Å². The summed E-state index contributed by atoms with van der Waals surface area (Å²) in [6.45, 7) is 4.41. The normalized spacial score (nSPS) is 14.5. The molecule has 1 N–H and O–H groups in total. The maximum atomic E-state index is 14.3. The molecule has 3 heterocycles. The van der Waals surface area contributed by atoms with E-state index in [1.165, 1.54) is 17.6 Å². The molecule has 218 valence electrons. The second-order valence-corrected chi connectivity index (χ2v) is 16.1. The third-order valence-electron chi connectivity index (χ3n) is 6.84. The Bertz CT molecular complexity index is 1550. The number of methoxy groups -OCH3 is 1. The van der Waals surface area contributed by atoms with Crippen molar-refractivity contribution in [1.29, 1.82) is 0 Å². The fraction of sp³-hybridized carbons (Fsp3) is 0.345. The molecule has 0 radical (unpaired) electrons. The quantitative estimate of drug-likeness (QED) is 0.160. The third kappa shape index (κ3) is 6.99. The summed E-state index contributed by atoms with van der Waals surface area (Å²) >= 11 is 3.73. The second kappa shape index (κ2) is 12.6. The van der Waals surface area contributed by atoms with E-state index >= 15 is 0 Å². The molecule has 41 heavy (non-hydrogen) atoms. The average Bonchev–Trinajstić information content (AvgIpc) is 3.38. The molecule has 1 amide bonds. The van der Waals surface area contributed by atoms with Gasteiger partial charge in [-0.15, -0.1) is 0 Å². The number of hydrogen-bond acceptors (Lipinski definition) is 6. The number of hydrogen-bond donors (Lipinski definition) is 1. The van der Waals surface area contributed by atoms with Crippen molar-refractivity contribution >= 4 is 39.0 Å². The molecular weight excluding hydrogens is 704 g/mol. The molecule has 2 aromatic carbocycles. The number of aromatic nitrogens is 3. The van der Waals surface area contributed by atoms with Crippen LogP contribution in [-0.4, -0.2) is 98.2 Å². The molecular formula is C29H34BrFIN7O2. The number of amides is 1. The van der Waals surface area contributed by atoms with Gasteiger partial charge in [-0.2, -0.15) is 0 Å². The van der Waals surface area contributed by atoms with E-state index in [1.807, 2.05) is 27.5 Å². The van der Waals surface area contributed by atoms with Gasteiger partial charge >= 0.3 is 158 Å². The summed E-state index contributed by atoms with van der Waals surface area (Å²) in [5.41, 5.74) is 3.39. The number of anilines is 2. The van der Waals surface area contributed by atoms with E-state index < -0.39 is 5.82 Å². The minimum absolute atomic E-state index is 0.0340. The van der Waals surface area contributed by atoms with Crippen LogP contribution >= 0.6 is 15.9 Å². The number of fused-ring (bicyclic) bond motifs is 1. The average molecular weight is 738 g/mol. The van der Waals surface area contributed by atoms with E-state index in [0.29, 0.717) is 27.1 Å². The maximum absolute atomic E-state index is 14.3. The SMILES string of the molecule is COc1ccc(-c2cnc3c(Nc4ccc(C(=O)N5CCN(CC[I-][N+](C)(C)C)CC5)c(Br)c4)nccn23)cc1F. The van der Waals surface area contributed by atoms with E-state index in [9.17, 15) is 9.18 Å². The van der Waals surface area contributed by atoms with E-state index in [2.05, 4.69) is 57.3 Å². The Balaban J connectivity index is 1.25. The summed E-state index contributed by atoms with van der Waals surface area (Å²) < 4.78 is 24.3. The molecule has 0 saturated carbocycles. The number of rotatable bonds is 9. The summed E-state index contributed by atoms with van der Waals surface area (Å²) in [5, 5.41) is 3.31. The van der Waals surface area contributed by atoms with Gasteiger partial charge in [0.15, 0.2) is 23.0 Å². The first-order valence-electron chi connectivity index (χ1n) is 13.3. The molecule has 0 atom stereocenters. The summed E-state index contributed by atoms with van der Waals surface area (Å²) in [4.78, 5) is 26.7. The molecule has 9 nitrogen and oxygen atoms in total. The van der Waals surface area contributed by atoms with Crippen molar-refractivity contribution in [2.45, 2.75) is 0 Å². The summed E-state index contributed by atoms with van der Waals surface area (Å²) in [6, 6.07) is 10.4. The Morgan fingerprint density at radius 2 is 1.90 bits per heavy atom. The maximum Gasteiger partial charge on any atom is 0.165 e. The second-order valence-electron chi connectivity index (χ2n) is 10.6. The molecule has 0 aliphatic carbocycles.